The summed E-state index contributed by atoms with van der Waals surface area (Å²) in [5, 5.41) is 0. The first-order chi connectivity index (χ1) is 5.29. The largest absolute Gasteiger partial charge is 0.398 e. The lowest BCUT2D eigenvalue weighted by atomic mass is 10.1. The SMILES string of the molecule is Nc1cccc(C2CC2)c1Br. The molecule has 0 unspecified atom stereocenters. The summed E-state index contributed by atoms with van der Waals surface area (Å²) in [5.41, 5.74) is 7.97. The van der Waals surface area contributed by atoms with Gasteiger partial charge in [-0.2, -0.15) is 0 Å². The van der Waals surface area contributed by atoms with Crippen LogP contribution in [0.15, 0.2) is 22.7 Å². The second-order valence-electron chi connectivity index (χ2n) is 3.02. The number of nitrogen functional groups attached to an aromatic ring is 1. The van der Waals surface area contributed by atoms with Gasteiger partial charge in [0, 0.05) is 10.2 Å². The van der Waals surface area contributed by atoms with E-state index in [1.54, 1.807) is 0 Å². The van der Waals surface area contributed by atoms with Crippen molar-refractivity contribution in [2.45, 2.75) is 18.8 Å². The summed E-state index contributed by atoms with van der Waals surface area (Å²) in [6.07, 6.45) is 2.64. The topological polar surface area (TPSA) is 26.0 Å². The van der Waals surface area contributed by atoms with Crippen LogP contribution in [0, 0.1) is 0 Å². The van der Waals surface area contributed by atoms with E-state index in [1.807, 2.05) is 12.1 Å². The fourth-order valence-electron chi connectivity index (χ4n) is 1.28. The first-order valence-corrected chi connectivity index (χ1v) is 4.62. The molecule has 1 saturated carbocycles. The Morgan fingerprint density at radius 1 is 1.36 bits per heavy atom. The van der Waals surface area contributed by atoms with Gasteiger partial charge in [0.2, 0.25) is 0 Å². The zero-order chi connectivity index (χ0) is 7.84. The highest BCUT2D eigenvalue weighted by atomic mass is 79.9. The van der Waals surface area contributed by atoms with E-state index < -0.39 is 0 Å². The third-order valence-electron chi connectivity index (χ3n) is 2.08. The van der Waals surface area contributed by atoms with E-state index in [-0.39, 0.29) is 0 Å². The molecular weight excluding hydrogens is 202 g/mol. The molecule has 2 rings (SSSR count). The summed E-state index contributed by atoms with van der Waals surface area (Å²) in [7, 11) is 0. The van der Waals surface area contributed by atoms with E-state index in [2.05, 4.69) is 22.0 Å². The van der Waals surface area contributed by atoms with Crippen LogP contribution in [0.2, 0.25) is 0 Å². The molecule has 1 aliphatic rings. The van der Waals surface area contributed by atoms with Gasteiger partial charge in [0.05, 0.1) is 0 Å². The Bertz CT molecular complexity index is 279. The maximum absolute atomic E-state index is 5.74. The quantitative estimate of drug-likeness (QED) is 0.711. The van der Waals surface area contributed by atoms with E-state index >= 15 is 0 Å². The average Bonchev–Trinajstić information content (AvgIpc) is 2.77. The minimum absolute atomic E-state index is 0.771. The number of hydrogen-bond acceptors (Lipinski definition) is 1. The lowest BCUT2D eigenvalue weighted by Gasteiger charge is -2.03. The molecule has 2 heteroatoms. The van der Waals surface area contributed by atoms with Crippen molar-refractivity contribution in [3.8, 4) is 0 Å². The Labute approximate surface area is 74.7 Å². The Morgan fingerprint density at radius 3 is 2.73 bits per heavy atom. The molecule has 0 saturated heterocycles. The molecule has 0 bridgehead atoms. The van der Waals surface area contributed by atoms with Gasteiger partial charge in [-0.25, -0.2) is 0 Å². The summed E-state index contributed by atoms with van der Waals surface area (Å²) in [4.78, 5) is 0. The molecule has 1 fully saturated rings. The van der Waals surface area contributed by atoms with Crippen molar-refractivity contribution in [1.29, 1.82) is 0 Å². The third-order valence-corrected chi connectivity index (χ3v) is 2.99. The minimum atomic E-state index is 0.771. The van der Waals surface area contributed by atoms with Crippen molar-refractivity contribution in [2.75, 3.05) is 5.73 Å². The highest BCUT2D eigenvalue weighted by molar-refractivity contribution is 9.10. The van der Waals surface area contributed by atoms with Gasteiger partial charge in [-0.05, 0) is 46.3 Å². The van der Waals surface area contributed by atoms with Gasteiger partial charge in [-0.15, -0.1) is 0 Å². The number of benzene rings is 1. The molecule has 0 aromatic heterocycles. The van der Waals surface area contributed by atoms with E-state index in [9.17, 15) is 0 Å². The van der Waals surface area contributed by atoms with Crippen LogP contribution in [0.1, 0.15) is 24.3 Å². The zero-order valence-electron chi connectivity index (χ0n) is 6.18. The predicted molar refractivity (Wildman–Crippen MR) is 50.5 cm³/mol. The molecule has 0 radical (unpaired) electrons. The van der Waals surface area contributed by atoms with Crippen molar-refractivity contribution in [1.82, 2.24) is 0 Å². The summed E-state index contributed by atoms with van der Waals surface area (Å²) in [6.45, 7) is 0. The van der Waals surface area contributed by atoms with Crippen molar-refractivity contribution < 1.29 is 0 Å². The molecule has 1 nitrogen and oxygen atoms in total. The van der Waals surface area contributed by atoms with Gasteiger partial charge in [-0.1, -0.05) is 12.1 Å². The standard InChI is InChI=1S/C9H10BrN/c10-9-7(6-4-5-6)2-1-3-8(9)11/h1-3,6H,4-5,11H2. The summed E-state index contributed by atoms with van der Waals surface area (Å²) in [6, 6.07) is 6.10. The van der Waals surface area contributed by atoms with Crippen LogP contribution in [0.5, 0.6) is 0 Å². The second-order valence-corrected chi connectivity index (χ2v) is 3.82. The van der Waals surface area contributed by atoms with Crippen LogP contribution < -0.4 is 5.73 Å². The predicted octanol–water partition coefficient (Wildman–Crippen LogP) is 2.91. The molecule has 0 amide bonds. The monoisotopic (exact) mass is 211 g/mol. The van der Waals surface area contributed by atoms with Crippen LogP contribution in [-0.4, -0.2) is 0 Å². The fourth-order valence-corrected chi connectivity index (χ4v) is 1.87. The van der Waals surface area contributed by atoms with Crippen LogP contribution >= 0.6 is 15.9 Å². The number of anilines is 1. The molecule has 0 aliphatic heterocycles. The molecule has 1 aromatic rings. The molecule has 1 aromatic carbocycles. The maximum atomic E-state index is 5.74. The fraction of sp³-hybridized carbons (Fsp3) is 0.333. The first kappa shape index (κ1) is 7.17. The highest BCUT2D eigenvalue weighted by Crippen LogP contribution is 2.44. The van der Waals surface area contributed by atoms with Gasteiger partial charge in [-0.3, -0.25) is 0 Å². The van der Waals surface area contributed by atoms with Crippen molar-refractivity contribution in [3.05, 3.63) is 28.2 Å². The van der Waals surface area contributed by atoms with E-state index in [1.165, 1.54) is 18.4 Å². The normalized spacial score (nSPS) is 16.8. The number of nitrogens with two attached hydrogens (primary N) is 1. The van der Waals surface area contributed by atoms with Crippen LogP contribution in [0.4, 0.5) is 5.69 Å². The Morgan fingerprint density at radius 2 is 2.09 bits per heavy atom. The summed E-state index contributed by atoms with van der Waals surface area (Å²) >= 11 is 3.50. The third kappa shape index (κ3) is 1.27. The number of hydrogen-bond donors (Lipinski definition) is 1. The van der Waals surface area contributed by atoms with Gasteiger partial charge in [0.1, 0.15) is 0 Å². The Hall–Kier alpha value is -0.500. The van der Waals surface area contributed by atoms with Crippen molar-refractivity contribution in [3.63, 3.8) is 0 Å². The zero-order valence-corrected chi connectivity index (χ0v) is 7.76. The molecule has 0 atom stereocenters. The van der Waals surface area contributed by atoms with Crippen LogP contribution in [0.25, 0.3) is 0 Å². The van der Waals surface area contributed by atoms with E-state index in [0.717, 1.165) is 16.1 Å². The van der Waals surface area contributed by atoms with Crippen LogP contribution in [-0.2, 0) is 0 Å². The van der Waals surface area contributed by atoms with E-state index in [0.29, 0.717) is 0 Å². The number of halogens is 1. The molecule has 2 N–H and O–H groups in total. The Kier molecular flexibility index (Phi) is 1.64. The lowest BCUT2D eigenvalue weighted by molar-refractivity contribution is 1.12. The van der Waals surface area contributed by atoms with E-state index in [4.69, 9.17) is 5.73 Å². The summed E-state index contributed by atoms with van der Waals surface area (Å²) < 4.78 is 1.10. The first-order valence-electron chi connectivity index (χ1n) is 3.83. The molecule has 1 aliphatic carbocycles. The Balaban J connectivity index is 2.45. The van der Waals surface area contributed by atoms with Crippen molar-refractivity contribution >= 4 is 21.6 Å². The number of rotatable bonds is 1. The second kappa shape index (κ2) is 2.52. The average molecular weight is 212 g/mol. The van der Waals surface area contributed by atoms with Gasteiger partial charge in [0.15, 0.2) is 0 Å². The van der Waals surface area contributed by atoms with Gasteiger partial charge >= 0.3 is 0 Å². The molecule has 58 valence electrons. The molecule has 11 heavy (non-hydrogen) atoms. The highest BCUT2D eigenvalue weighted by Gasteiger charge is 2.25. The maximum Gasteiger partial charge on any atom is 0.0461 e. The van der Waals surface area contributed by atoms with Crippen LogP contribution in [0.3, 0.4) is 0 Å². The minimum Gasteiger partial charge on any atom is -0.398 e. The smallest absolute Gasteiger partial charge is 0.0461 e. The molecular formula is C9H10BrN. The van der Waals surface area contributed by atoms with Gasteiger partial charge < -0.3 is 5.73 Å². The molecule has 0 spiro atoms. The lowest BCUT2D eigenvalue weighted by Crippen LogP contribution is -1.89. The van der Waals surface area contributed by atoms with Gasteiger partial charge in [0.25, 0.3) is 0 Å². The van der Waals surface area contributed by atoms with Crippen molar-refractivity contribution in [2.24, 2.45) is 0 Å². The summed E-state index contributed by atoms with van der Waals surface area (Å²) in [5.74, 6) is 0.771. The molecule has 0 heterocycles.